The van der Waals surface area contributed by atoms with E-state index in [9.17, 15) is 4.79 Å². The zero-order valence-electron chi connectivity index (χ0n) is 19.8. The molecule has 2 fully saturated rings. The molecule has 1 aromatic heterocycles. The number of carbonyl (C=O) groups is 1. The van der Waals surface area contributed by atoms with Crippen molar-refractivity contribution in [3.05, 3.63) is 76.9 Å². The number of hydrogen-bond donors (Lipinski definition) is 1. The van der Waals surface area contributed by atoms with Crippen LogP contribution in [0.4, 0.5) is 5.82 Å². The fourth-order valence-electron chi connectivity index (χ4n) is 5.00. The number of amides is 1. The second kappa shape index (κ2) is 10.7. The number of nitrogens with two attached hydrogens (primary N) is 1. The van der Waals surface area contributed by atoms with E-state index in [1.807, 2.05) is 59.5 Å². The molecule has 6 nitrogen and oxygen atoms in total. The summed E-state index contributed by atoms with van der Waals surface area (Å²) in [5.74, 6) is 0.976. The van der Waals surface area contributed by atoms with E-state index in [0.717, 1.165) is 48.2 Å². The van der Waals surface area contributed by atoms with Gasteiger partial charge >= 0.3 is 0 Å². The van der Waals surface area contributed by atoms with Gasteiger partial charge in [-0.3, -0.25) is 4.79 Å². The normalized spacial score (nSPS) is 17.0. The van der Waals surface area contributed by atoms with Gasteiger partial charge < -0.3 is 20.3 Å². The third-order valence-electron chi connectivity index (χ3n) is 7.06. The predicted octanol–water partition coefficient (Wildman–Crippen LogP) is 5.26. The predicted molar refractivity (Wildman–Crippen MR) is 140 cm³/mol. The Hall–Kier alpha value is -3.09. The molecule has 0 bridgehead atoms. The second-order valence-electron chi connectivity index (χ2n) is 9.37. The Labute approximate surface area is 211 Å². The number of rotatable bonds is 6. The zero-order chi connectivity index (χ0) is 24.2. The lowest BCUT2D eigenvalue weighted by Gasteiger charge is -2.36. The molecule has 2 N–H and O–H groups in total. The van der Waals surface area contributed by atoms with Gasteiger partial charge in [0.15, 0.2) is 11.6 Å². The summed E-state index contributed by atoms with van der Waals surface area (Å²) in [5, 5.41) is 0.686. The molecule has 2 aliphatic heterocycles. The number of piperidine rings is 1. The first-order chi connectivity index (χ1) is 17.1. The molecule has 0 saturated carbocycles. The summed E-state index contributed by atoms with van der Waals surface area (Å²) in [6.45, 7) is 4.46. The molecule has 2 saturated heterocycles. The zero-order valence-corrected chi connectivity index (χ0v) is 20.6. The number of hydrogen-bond acceptors (Lipinski definition) is 5. The average Bonchev–Trinajstić information content (AvgIpc) is 3.44. The number of aromatic nitrogens is 1. The van der Waals surface area contributed by atoms with Crippen LogP contribution >= 0.6 is 11.6 Å². The van der Waals surface area contributed by atoms with Crippen LogP contribution in [0.5, 0.6) is 5.75 Å². The van der Waals surface area contributed by atoms with E-state index in [0.29, 0.717) is 29.2 Å². The Morgan fingerprint density at radius 2 is 1.66 bits per heavy atom. The van der Waals surface area contributed by atoms with Gasteiger partial charge in [-0.25, -0.2) is 4.98 Å². The van der Waals surface area contributed by atoms with Gasteiger partial charge in [0.1, 0.15) is 6.61 Å². The first-order valence-corrected chi connectivity index (χ1v) is 12.7. The molecule has 5 rings (SSSR count). The molecule has 0 radical (unpaired) electrons. The molecule has 0 aliphatic carbocycles. The van der Waals surface area contributed by atoms with Crippen LogP contribution in [0.3, 0.4) is 0 Å². The van der Waals surface area contributed by atoms with E-state index in [1.165, 1.54) is 25.9 Å². The van der Waals surface area contributed by atoms with Gasteiger partial charge in [-0.05, 0) is 80.2 Å². The molecule has 0 unspecified atom stereocenters. The third-order valence-corrected chi connectivity index (χ3v) is 7.32. The Morgan fingerprint density at radius 1 is 0.971 bits per heavy atom. The van der Waals surface area contributed by atoms with Gasteiger partial charge in [0.05, 0.1) is 0 Å². The number of ether oxygens (including phenoxy) is 1. The summed E-state index contributed by atoms with van der Waals surface area (Å²) in [6, 6.07) is 17.7. The van der Waals surface area contributed by atoms with E-state index in [4.69, 9.17) is 22.1 Å². The fourth-order valence-corrected chi connectivity index (χ4v) is 5.12. The number of nitrogens with zero attached hydrogens (tertiary/aromatic N) is 3. The maximum Gasteiger partial charge on any atom is 0.253 e. The van der Waals surface area contributed by atoms with Gasteiger partial charge in [0.2, 0.25) is 0 Å². The lowest BCUT2D eigenvalue weighted by atomic mass is 10.0. The van der Waals surface area contributed by atoms with Crippen molar-refractivity contribution < 1.29 is 9.53 Å². The van der Waals surface area contributed by atoms with Crippen LogP contribution < -0.4 is 10.5 Å². The van der Waals surface area contributed by atoms with Gasteiger partial charge in [0.25, 0.3) is 5.91 Å². The van der Waals surface area contributed by atoms with Crippen LogP contribution in [-0.2, 0) is 6.61 Å². The quantitative estimate of drug-likeness (QED) is 0.510. The van der Waals surface area contributed by atoms with E-state index in [2.05, 4.69) is 9.88 Å². The summed E-state index contributed by atoms with van der Waals surface area (Å²) in [6.07, 6.45) is 6.49. The van der Waals surface area contributed by atoms with Crippen LogP contribution in [0.15, 0.2) is 60.8 Å². The third kappa shape index (κ3) is 5.60. The van der Waals surface area contributed by atoms with Crippen molar-refractivity contribution in [3.8, 4) is 16.9 Å². The molecule has 0 atom stereocenters. The van der Waals surface area contributed by atoms with Crippen molar-refractivity contribution >= 4 is 23.3 Å². The fraction of sp³-hybridized carbons (Fsp3) is 0.357. The smallest absolute Gasteiger partial charge is 0.253 e. The minimum atomic E-state index is 0.110. The van der Waals surface area contributed by atoms with Gasteiger partial charge in [-0.2, -0.15) is 0 Å². The Balaban J connectivity index is 1.21. The van der Waals surface area contributed by atoms with E-state index in [1.54, 1.807) is 6.20 Å². The Kier molecular flexibility index (Phi) is 7.21. The Morgan fingerprint density at radius 3 is 2.34 bits per heavy atom. The molecule has 2 aromatic carbocycles. The van der Waals surface area contributed by atoms with E-state index >= 15 is 0 Å². The standard InChI is InChI=1S/C28H31ClN4O2/c29-24-9-3-20(4-10-24)19-35-26-17-23(18-31-27(26)30)21-5-7-22(8-6-21)28(34)33-15-11-25(12-16-33)32-13-1-2-14-32/h3-10,17-18,25H,1-2,11-16,19H2,(H2,30,31). The van der Waals surface area contributed by atoms with Crippen LogP contribution in [0, 0.1) is 0 Å². The largest absolute Gasteiger partial charge is 0.485 e. The van der Waals surface area contributed by atoms with E-state index in [-0.39, 0.29) is 5.91 Å². The molecular weight excluding hydrogens is 460 g/mol. The summed E-state index contributed by atoms with van der Waals surface area (Å²) < 4.78 is 5.92. The molecule has 7 heteroatoms. The van der Waals surface area contributed by atoms with Crippen molar-refractivity contribution in [2.45, 2.75) is 38.3 Å². The number of carbonyl (C=O) groups excluding carboxylic acids is 1. The monoisotopic (exact) mass is 490 g/mol. The number of nitrogen functional groups attached to an aromatic ring is 1. The summed E-state index contributed by atoms with van der Waals surface area (Å²) in [5.41, 5.74) is 9.59. The van der Waals surface area contributed by atoms with Gasteiger partial charge in [0, 0.05) is 41.5 Å². The SMILES string of the molecule is Nc1ncc(-c2ccc(C(=O)N3CCC(N4CCCC4)CC3)cc2)cc1OCc1ccc(Cl)cc1. The number of halogens is 1. The van der Waals surface area contributed by atoms with Crippen molar-refractivity contribution in [2.24, 2.45) is 0 Å². The topological polar surface area (TPSA) is 71.7 Å². The van der Waals surface area contributed by atoms with Crippen molar-refractivity contribution in [1.82, 2.24) is 14.8 Å². The molecular formula is C28H31ClN4O2. The molecule has 0 spiro atoms. The van der Waals surface area contributed by atoms with Crippen LogP contribution in [0.1, 0.15) is 41.6 Å². The lowest BCUT2D eigenvalue weighted by Crippen LogP contribution is -2.45. The summed E-state index contributed by atoms with van der Waals surface area (Å²) in [4.78, 5) is 22.0. The first kappa shape index (κ1) is 23.6. The molecule has 182 valence electrons. The van der Waals surface area contributed by atoms with Crippen LogP contribution in [0.25, 0.3) is 11.1 Å². The van der Waals surface area contributed by atoms with Gasteiger partial charge in [-0.15, -0.1) is 0 Å². The van der Waals surface area contributed by atoms with Crippen LogP contribution in [0.2, 0.25) is 5.02 Å². The number of pyridine rings is 1. The second-order valence-corrected chi connectivity index (χ2v) is 9.80. The maximum absolute atomic E-state index is 13.1. The number of anilines is 1. The van der Waals surface area contributed by atoms with Crippen molar-refractivity contribution in [2.75, 3.05) is 31.9 Å². The summed E-state index contributed by atoms with van der Waals surface area (Å²) in [7, 11) is 0. The lowest BCUT2D eigenvalue weighted by molar-refractivity contribution is 0.0644. The minimum absolute atomic E-state index is 0.110. The Bertz CT molecular complexity index is 1150. The van der Waals surface area contributed by atoms with E-state index < -0.39 is 0 Å². The molecule has 2 aliphatic rings. The van der Waals surface area contributed by atoms with Crippen molar-refractivity contribution in [3.63, 3.8) is 0 Å². The summed E-state index contributed by atoms with van der Waals surface area (Å²) >= 11 is 5.95. The molecule has 1 amide bonds. The molecule has 3 heterocycles. The minimum Gasteiger partial charge on any atom is -0.485 e. The number of likely N-dealkylation sites (tertiary alicyclic amines) is 2. The highest BCUT2D eigenvalue weighted by Crippen LogP contribution is 2.29. The van der Waals surface area contributed by atoms with Crippen LogP contribution in [-0.4, -0.2) is 52.9 Å². The van der Waals surface area contributed by atoms with Crippen molar-refractivity contribution in [1.29, 1.82) is 0 Å². The maximum atomic E-state index is 13.1. The van der Waals surface area contributed by atoms with Gasteiger partial charge in [-0.1, -0.05) is 35.9 Å². The molecule has 35 heavy (non-hydrogen) atoms. The highest BCUT2D eigenvalue weighted by molar-refractivity contribution is 6.30. The highest BCUT2D eigenvalue weighted by Gasteiger charge is 2.28. The average molecular weight is 491 g/mol. The first-order valence-electron chi connectivity index (χ1n) is 12.3. The molecule has 3 aromatic rings. The highest BCUT2D eigenvalue weighted by atomic mass is 35.5. The number of benzene rings is 2.